The molecule has 1 aliphatic rings. The quantitative estimate of drug-likeness (QED) is 0.551. The second-order valence-corrected chi connectivity index (χ2v) is 9.36. The van der Waals surface area contributed by atoms with E-state index in [9.17, 15) is 21.9 Å². The van der Waals surface area contributed by atoms with Crippen molar-refractivity contribution in [1.29, 1.82) is 0 Å². The van der Waals surface area contributed by atoms with Crippen molar-refractivity contribution in [1.82, 2.24) is 24.1 Å². The molecule has 0 spiro atoms. The summed E-state index contributed by atoms with van der Waals surface area (Å²) in [5.74, 6) is 0.282. The van der Waals surface area contributed by atoms with Gasteiger partial charge in [-0.05, 0) is 18.6 Å². The van der Waals surface area contributed by atoms with Crippen molar-refractivity contribution in [2.75, 3.05) is 36.8 Å². The number of aromatic nitrogens is 4. The smallest absolute Gasteiger partial charge is 0.393 e. The molecule has 31 heavy (non-hydrogen) atoms. The predicted molar refractivity (Wildman–Crippen MR) is 109 cm³/mol. The van der Waals surface area contributed by atoms with Crippen LogP contribution in [0.4, 0.5) is 19.0 Å². The molecular formula is C19H21F3N6O2S. The fourth-order valence-corrected chi connectivity index (χ4v) is 5.00. The van der Waals surface area contributed by atoms with Crippen LogP contribution in [0.3, 0.4) is 0 Å². The van der Waals surface area contributed by atoms with E-state index in [-0.39, 0.29) is 13.1 Å². The lowest BCUT2D eigenvalue weighted by Crippen LogP contribution is -2.42. The van der Waals surface area contributed by atoms with E-state index in [1.165, 1.54) is 0 Å². The number of nitrogens with zero attached hydrogens (tertiary/aromatic N) is 6. The first-order valence-electron chi connectivity index (χ1n) is 9.80. The highest BCUT2D eigenvalue weighted by molar-refractivity contribution is 7.95. The average Bonchev–Trinajstić information content (AvgIpc) is 2.99. The first-order valence-corrected chi connectivity index (χ1v) is 11.4. The zero-order chi connectivity index (χ0) is 22.1. The maximum atomic E-state index is 12.5. The number of rotatable bonds is 5. The molecule has 0 saturated carbocycles. The van der Waals surface area contributed by atoms with Crippen molar-refractivity contribution in [3.05, 3.63) is 42.5 Å². The van der Waals surface area contributed by atoms with Gasteiger partial charge >= 0.3 is 6.18 Å². The van der Waals surface area contributed by atoms with Crippen molar-refractivity contribution < 1.29 is 21.9 Å². The van der Waals surface area contributed by atoms with E-state index in [0.717, 1.165) is 9.87 Å². The first kappa shape index (κ1) is 21.7. The van der Waals surface area contributed by atoms with Crippen molar-refractivity contribution >= 4 is 21.9 Å². The molecule has 1 aromatic carbocycles. The molecule has 0 bridgehead atoms. The molecule has 166 valence electrons. The Balaban J connectivity index is 1.51. The van der Waals surface area contributed by atoms with E-state index in [1.807, 2.05) is 35.2 Å². The van der Waals surface area contributed by atoms with Crippen LogP contribution in [0.5, 0.6) is 0 Å². The molecule has 0 radical (unpaired) electrons. The minimum absolute atomic E-state index is 0.105. The van der Waals surface area contributed by atoms with E-state index < -0.39 is 28.7 Å². The number of hydrogen-bond acceptors (Lipinski definition) is 6. The lowest BCUT2D eigenvalue weighted by atomic mass is 10.2. The topological polar surface area (TPSA) is 89.7 Å². The van der Waals surface area contributed by atoms with E-state index in [1.54, 1.807) is 16.6 Å². The third-order valence-electron chi connectivity index (χ3n) is 5.10. The fraction of sp³-hybridized carbons (Fsp3) is 0.421. The number of hydrogen-bond donors (Lipinski definition) is 0. The molecule has 8 nitrogen and oxygen atoms in total. The summed E-state index contributed by atoms with van der Waals surface area (Å²) in [6.07, 6.45) is -5.36. The van der Waals surface area contributed by atoms with Gasteiger partial charge in [0.25, 0.3) is 0 Å². The molecule has 2 aromatic heterocycles. The second kappa shape index (κ2) is 8.52. The predicted octanol–water partition coefficient (Wildman–Crippen LogP) is 2.80. The van der Waals surface area contributed by atoms with Crippen molar-refractivity contribution in [2.24, 2.45) is 0 Å². The summed E-state index contributed by atoms with van der Waals surface area (Å²) in [6.45, 7) is 1.15. The maximum Gasteiger partial charge on any atom is 0.393 e. The summed E-state index contributed by atoms with van der Waals surface area (Å²) in [6, 6.07) is 13.1. The molecule has 1 saturated heterocycles. The molecule has 1 fully saturated rings. The van der Waals surface area contributed by atoms with Crippen LogP contribution in [-0.4, -0.2) is 66.8 Å². The summed E-state index contributed by atoms with van der Waals surface area (Å²) < 4.78 is 64.8. The number of halogens is 3. The summed E-state index contributed by atoms with van der Waals surface area (Å²) in [4.78, 5) is 1.92. The van der Waals surface area contributed by atoms with Gasteiger partial charge in [0, 0.05) is 25.2 Å². The van der Waals surface area contributed by atoms with E-state index in [4.69, 9.17) is 0 Å². The molecular weight excluding hydrogens is 433 g/mol. The van der Waals surface area contributed by atoms with Gasteiger partial charge in [0.2, 0.25) is 0 Å². The molecule has 1 unspecified atom stereocenters. The second-order valence-electron chi connectivity index (χ2n) is 7.27. The largest absolute Gasteiger partial charge is 0.598 e. The Bertz CT molecular complexity index is 1090. The van der Waals surface area contributed by atoms with Crippen LogP contribution in [0.15, 0.2) is 42.5 Å². The Kier molecular flexibility index (Phi) is 5.95. The molecule has 12 heteroatoms. The van der Waals surface area contributed by atoms with Crippen LogP contribution in [0.1, 0.15) is 12.8 Å². The Hall–Kier alpha value is -2.57. The summed E-state index contributed by atoms with van der Waals surface area (Å²) in [7, 11) is -3.97. The summed E-state index contributed by atoms with van der Waals surface area (Å²) in [5, 5.41) is 13.0. The molecule has 0 aliphatic carbocycles. The zero-order valence-electron chi connectivity index (χ0n) is 16.5. The van der Waals surface area contributed by atoms with Crippen LogP contribution in [0.2, 0.25) is 0 Å². The lowest BCUT2D eigenvalue weighted by molar-refractivity contribution is -0.130. The normalized spacial score (nSPS) is 18.1. The number of sulfonamides is 1. The van der Waals surface area contributed by atoms with Gasteiger partial charge in [-0.3, -0.25) is 0 Å². The highest BCUT2D eigenvalue weighted by atomic mass is 32.3. The first-order chi connectivity index (χ1) is 14.7. The van der Waals surface area contributed by atoms with Gasteiger partial charge in [0.1, 0.15) is 22.0 Å². The summed E-state index contributed by atoms with van der Waals surface area (Å²) in [5.41, 5.74) is 1.44. The Morgan fingerprint density at radius 2 is 1.77 bits per heavy atom. The van der Waals surface area contributed by atoms with Gasteiger partial charge in [0.05, 0.1) is 13.0 Å². The molecule has 1 aliphatic heterocycles. The Morgan fingerprint density at radius 3 is 2.52 bits per heavy atom. The van der Waals surface area contributed by atoms with Crippen LogP contribution >= 0.6 is 0 Å². The van der Waals surface area contributed by atoms with Gasteiger partial charge in [-0.1, -0.05) is 34.5 Å². The van der Waals surface area contributed by atoms with Crippen molar-refractivity contribution in [2.45, 2.75) is 19.0 Å². The van der Waals surface area contributed by atoms with Crippen LogP contribution in [-0.2, 0) is 14.6 Å². The molecule has 1 atom stereocenters. The van der Waals surface area contributed by atoms with Crippen LogP contribution in [0, 0.1) is 0 Å². The minimum atomic E-state index is -4.50. The minimum Gasteiger partial charge on any atom is -0.598 e. The zero-order valence-corrected chi connectivity index (χ0v) is 17.3. The van der Waals surface area contributed by atoms with Gasteiger partial charge in [-0.25, -0.2) is 0 Å². The highest BCUT2D eigenvalue weighted by Gasteiger charge is 2.36. The monoisotopic (exact) mass is 454 g/mol. The van der Waals surface area contributed by atoms with Crippen LogP contribution < -0.4 is 4.90 Å². The van der Waals surface area contributed by atoms with E-state index in [0.29, 0.717) is 36.8 Å². The van der Waals surface area contributed by atoms with Crippen LogP contribution in [0.25, 0.3) is 17.0 Å². The average molecular weight is 454 g/mol. The number of fused-ring (bicyclic) bond motifs is 1. The molecule has 0 N–H and O–H groups in total. The highest BCUT2D eigenvalue weighted by Crippen LogP contribution is 2.25. The van der Waals surface area contributed by atoms with E-state index >= 15 is 0 Å². The Morgan fingerprint density at radius 1 is 1.00 bits per heavy atom. The Labute approximate surface area is 178 Å². The molecule has 0 amide bonds. The molecule has 3 heterocycles. The lowest BCUT2D eigenvalue weighted by Gasteiger charge is -2.27. The standard InChI is InChI=1S/C19H21F3N6O2S/c20-19(21,22)9-14-31(29,30)27-11-4-10-26(12-13-27)17-8-7-16-23-24-18(28(16)25-17)15-5-2-1-3-6-15/h1-3,5-8H,4,9-14H2. The number of benzene rings is 1. The van der Waals surface area contributed by atoms with Crippen molar-refractivity contribution in [3.8, 4) is 11.4 Å². The van der Waals surface area contributed by atoms with Crippen molar-refractivity contribution in [3.63, 3.8) is 0 Å². The van der Waals surface area contributed by atoms with Gasteiger partial charge in [0.15, 0.2) is 11.5 Å². The third kappa shape index (κ3) is 5.02. The van der Waals surface area contributed by atoms with E-state index in [2.05, 4.69) is 15.3 Å². The van der Waals surface area contributed by atoms with Gasteiger partial charge in [-0.2, -0.15) is 17.7 Å². The number of alkyl halides is 3. The SMILES string of the molecule is O=[S+]([O-])(CCC(F)(F)F)N1CCCN(c2ccc3nnc(-c4ccccc4)n3n2)CC1. The van der Waals surface area contributed by atoms with Gasteiger partial charge in [-0.15, -0.1) is 19.6 Å². The fourth-order valence-electron chi connectivity index (χ4n) is 3.49. The van der Waals surface area contributed by atoms with Gasteiger partial charge < -0.3 is 9.45 Å². The number of anilines is 1. The molecule has 4 rings (SSSR count). The third-order valence-corrected chi connectivity index (χ3v) is 6.97. The molecule has 3 aromatic rings. The maximum absolute atomic E-state index is 12.5. The summed E-state index contributed by atoms with van der Waals surface area (Å²) >= 11 is 0.